The van der Waals surface area contributed by atoms with Gasteiger partial charge in [0.2, 0.25) is 0 Å². The predicted molar refractivity (Wildman–Crippen MR) is 126 cm³/mol. The fourth-order valence-electron chi connectivity index (χ4n) is 4.39. The lowest BCUT2D eigenvalue weighted by Crippen LogP contribution is -2.48. The van der Waals surface area contributed by atoms with Crippen molar-refractivity contribution in [3.05, 3.63) is 69.3 Å². The number of hydrogen-bond donors (Lipinski definition) is 2. The topological polar surface area (TPSA) is 114 Å². The molecule has 168 valence electrons. The summed E-state index contributed by atoms with van der Waals surface area (Å²) in [6, 6.07) is 9.68. The molecule has 5 rings (SSSR count). The van der Waals surface area contributed by atoms with Crippen LogP contribution in [-0.4, -0.2) is 19.6 Å². The molecule has 0 aliphatic heterocycles. The lowest BCUT2D eigenvalue weighted by molar-refractivity contribution is -0.385. The molecule has 1 fully saturated rings. The lowest BCUT2D eigenvalue weighted by atomic mass is 9.49. The van der Waals surface area contributed by atoms with Crippen LogP contribution in [-0.2, 0) is 10.0 Å². The molecule has 0 amide bonds. The quantitative estimate of drug-likeness (QED) is 0.315. The molecule has 2 atom stereocenters. The Balaban J connectivity index is 1.60. The maximum absolute atomic E-state index is 13.0. The predicted octanol–water partition coefficient (Wildman–Crippen LogP) is 5.44. The van der Waals surface area contributed by atoms with E-state index in [1.165, 1.54) is 24.3 Å². The highest BCUT2D eigenvalue weighted by atomic mass is 35.5. The average Bonchev–Trinajstić information content (AvgIpc) is 2.75. The minimum absolute atomic E-state index is 0.135. The number of nitro groups is 1. The van der Waals surface area contributed by atoms with Crippen molar-refractivity contribution < 1.29 is 13.3 Å². The third-order valence-electron chi connectivity index (χ3n) is 6.47. The van der Waals surface area contributed by atoms with Gasteiger partial charge in [-0.3, -0.25) is 20.3 Å². The summed E-state index contributed by atoms with van der Waals surface area (Å²) in [6.45, 7) is 4.51. The van der Waals surface area contributed by atoms with Crippen LogP contribution in [0.25, 0.3) is 0 Å². The van der Waals surface area contributed by atoms with E-state index in [0.717, 1.165) is 24.5 Å². The first-order valence-electron chi connectivity index (χ1n) is 10.1. The van der Waals surface area contributed by atoms with Crippen molar-refractivity contribution in [2.45, 2.75) is 31.6 Å². The van der Waals surface area contributed by atoms with Gasteiger partial charge in [-0.05, 0) is 66.0 Å². The number of fused-ring (bicyclic) bond motifs is 1. The van der Waals surface area contributed by atoms with Crippen molar-refractivity contribution >= 4 is 44.9 Å². The Labute approximate surface area is 191 Å². The third-order valence-corrected chi connectivity index (χ3v) is 8.14. The van der Waals surface area contributed by atoms with Gasteiger partial charge in [0.05, 0.1) is 16.8 Å². The number of anilines is 2. The molecule has 2 bridgehead atoms. The molecule has 0 saturated heterocycles. The second-order valence-electron chi connectivity index (χ2n) is 8.67. The number of nitro benzene ring substituents is 1. The van der Waals surface area contributed by atoms with Crippen LogP contribution in [0.15, 0.2) is 64.1 Å². The number of hydrogen-bond acceptors (Lipinski definition) is 6. The molecule has 0 spiro atoms. The Bertz CT molecular complexity index is 1220. The van der Waals surface area contributed by atoms with Crippen molar-refractivity contribution in [1.82, 2.24) is 0 Å². The maximum atomic E-state index is 13.0. The Kier molecular flexibility index (Phi) is 5.72. The van der Waals surface area contributed by atoms with Crippen molar-refractivity contribution in [3.63, 3.8) is 0 Å². The Morgan fingerprint density at radius 3 is 2.56 bits per heavy atom. The van der Waals surface area contributed by atoms with E-state index in [-0.39, 0.29) is 27.4 Å². The van der Waals surface area contributed by atoms with Crippen molar-refractivity contribution in [1.29, 1.82) is 0 Å². The van der Waals surface area contributed by atoms with Crippen molar-refractivity contribution in [3.8, 4) is 0 Å². The zero-order chi connectivity index (χ0) is 23.1. The molecule has 1 saturated carbocycles. The van der Waals surface area contributed by atoms with E-state index in [2.05, 4.69) is 35.2 Å². The number of hydrazone groups is 1. The van der Waals surface area contributed by atoms with Crippen molar-refractivity contribution in [2.24, 2.45) is 22.4 Å². The molecular formula is C22H23ClN4O4S. The van der Waals surface area contributed by atoms with E-state index in [9.17, 15) is 18.5 Å². The number of benzene rings is 2. The first-order valence-corrected chi connectivity index (χ1v) is 12.0. The molecule has 10 heteroatoms. The standard InChI is InChI=1S/C22H23ClN4O4S/c1-22(2)15-4-3-14(19(22)11-15)13-24-25-20-10-9-18(27(28)29)12-21(20)32(30,31)26-17-7-5-16(23)6-8-17/h3,5-10,12-13,15,19,25-26H,4,11H2,1-2H3. The lowest BCUT2D eigenvalue weighted by Gasteiger charge is -2.55. The molecule has 0 heterocycles. The third kappa shape index (κ3) is 4.22. The molecule has 2 N–H and O–H groups in total. The van der Waals surface area contributed by atoms with E-state index < -0.39 is 14.9 Å². The van der Waals surface area contributed by atoms with E-state index in [0.29, 0.717) is 16.9 Å². The van der Waals surface area contributed by atoms with Gasteiger partial charge in [-0.25, -0.2) is 8.42 Å². The van der Waals surface area contributed by atoms with Crippen LogP contribution >= 0.6 is 11.6 Å². The number of non-ortho nitro benzene ring substituents is 1. The zero-order valence-corrected chi connectivity index (χ0v) is 19.2. The largest absolute Gasteiger partial charge is 0.280 e. The highest BCUT2D eigenvalue weighted by Gasteiger charge is 2.50. The van der Waals surface area contributed by atoms with Gasteiger partial charge >= 0.3 is 0 Å². The highest BCUT2D eigenvalue weighted by molar-refractivity contribution is 7.92. The zero-order valence-electron chi connectivity index (χ0n) is 17.6. The SMILES string of the molecule is CC1(C)C2CC=C(C=NNc3ccc([N+](=O)[O-])cc3S(=O)(=O)Nc3ccc(Cl)cc3)C1C2. The second-order valence-corrected chi connectivity index (χ2v) is 10.8. The molecule has 0 radical (unpaired) electrons. The highest BCUT2D eigenvalue weighted by Crippen LogP contribution is 2.58. The van der Waals surface area contributed by atoms with Gasteiger partial charge < -0.3 is 0 Å². The summed E-state index contributed by atoms with van der Waals surface area (Å²) in [6.07, 6.45) is 6.02. The van der Waals surface area contributed by atoms with Crippen LogP contribution in [0.2, 0.25) is 5.02 Å². The summed E-state index contributed by atoms with van der Waals surface area (Å²) in [7, 11) is -4.14. The van der Waals surface area contributed by atoms with Crippen LogP contribution < -0.4 is 10.1 Å². The van der Waals surface area contributed by atoms with Gasteiger partial charge in [0.1, 0.15) is 4.90 Å². The fourth-order valence-corrected chi connectivity index (χ4v) is 5.75. The first-order chi connectivity index (χ1) is 15.1. The van der Waals surface area contributed by atoms with E-state index in [1.807, 2.05) is 0 Å². The average molecular weight is 475 g/mol. The maximum Gasteiger partial charge on any atom is 0.270 e. The molecule has 2 aromatic rings. The summed E-state index contributed by atoms with van der Waals surface area (Å²) in [4.78, 5) is 10.3. The van der Waals surface area contributed by atoms with E-state index in [1.54, 1.807) is 18.3 Å². The Hall–Kier alpha value is -2.91. The van der Waals surface area contributed by atoms with Gasteiger partial charge in [-0.2, -0.15) is 5.10 Å². The van der Waals surface area contributed by atoms with Gasteiger partial charge in [-0.15, -0.1) is 0 Å². The monoisotopic (exact) mass is 474 g/mol. The number of halogens is 1. The van der Waals surface area contributed by atoms with Crippen LogP contribution in [0.5, 0.6) is 0 Å². The van der Waals surface area contributed by atoms with Crippen LogP contribution in [0, 0.1) is 27.4 Å². The summed E-state index contributed by atoms with van der Waals surface area (Å²) >= 11 is 5.85. The molecule has 3 aliphatic rings. The summed E-state index contributed by atoms with van der Waals surface area (Å²) in [5, 5.41) is 15.9. The summed E-state index contributed by atoms with van der Waals surface area (Å²) in [5.41, 5.74) is 4.19. The molecule has 32 heavy (non-hydrogen) atoms. The number of nitrogens with zero attached hydrogens (tertiary/aromatic N) is 2. The van der Waals surface area contributed by atoms with Crippen LogP contribution in [0.4, 0.5) is 17.1 Å². The van der Waals surface area contributed by atoms with Crippen LogP contribution in [0.3, 0.4) is 0 Å². The summed E-state index contributed by atoms with van der Waals surface area (Å²) in [5.74, 6) is 1.13. The molecule has 3 aliphatic carbocycles. The van der Waals surface area contributed by atoms with Crippen LogP contribution in [0.1, 0.15) is 26.7 Å². The molecule has 2 aromatic carbocycles. The Morgan fingerprint density at radius 2 is 1.94 bits per heavy atom. The van der Waals surface area contributed by atoms with Gasteiger partial charge in [0, 0.05) is 22.8 Å². The van der Waals surface area contributed by atoms with Gasteiger partial charge in [-0.1, -0.05) is 31.5 Å². The normalized spacial score (nSPS) is 21.5. The van der Waals surface area contributed by atoms with E-state index in [4.69, 9.17) is 11.6 Å². The minimum atomic E-state index is -4.14. The number of rotatable bonds is 7. The number of nitrogens with one attached hydrogen (secondary N) is 2. The number of sulfonamides is 1. The van der Waals surface area contributed by atoms with Gasteiger partial charge in [0.15, 0.2) is 0 Å². The molecule has 2 unspecified atom stereocenters. The Morgan fingerprint density at radius 1 is 1.22 bits per heavy atom. The first kappa shape index (κ1) is 22.3. The smallest absolute Gasteiger partial charge is 0.270 e. The molecular weight excluding hydrogens is 452 g/mol. The van der Waals surface area contributed by atoms with E-state index >= 15 is 0 Å². The molecule has 0 aromatic heterocycles. The summed E-state index contributed by atoms with van der Waals surface area (Å²) < 4.78 is 28.5. The fraction of sp³-hybridized carbons (Fsp3) is 0.318. The van der Waals surface area contributed by atoms with Crippen molar-refractivity contribution in [2.75, 3.05) is 10.1 Å². The minimum Gasteiger partial charge on any atom is -0.280 e. The van der Waals surface area contributed by atoms with Gasteiger partial charge in [0.25, 0.3) is 15.7 Å². The second kappa shape index (κ2) is 8.22. The molecule has 8 nitrogen and oxygen atoms in total. The number of allylic oxidation sites excluding steroid dienone is 2.